The summed E-state index contributed by atoms with van der Waals surface area (Å²) in [5.74, 6) is 0.735. The Kier molecular flexibility index (Phi) is 6.49. The fourth-order valence-corrected chi connectivity index (χ4v) is 6.61. The highest BCUT2D eigenvalue weighted by Crippen LogP contribution is 2.42. The van der Waals surface area contributed by atoms with E-state index in [9.17, 15) is 9.59 Å². The summed E-state index contributed by atoms with van der Waals surface area (Å²) in [5.41, 5.74) is 10.5. The Bertz CT molecular complexity index is 1270. The third-order valence-corrected chi connectivity index (χ3v) is 8.06. The molecule has 0 spiro atoms. The Labute approximate surface area is 208 Å². The van der Waals surface area contributed by atoms with Crippen LogP contribution < -0.4 is 20.5 Å². The first-order valence-electron chi connectivity index (χ1n) is 11.8. The fourth-order valence-electron chi connectivity index (χ4n) is 5.30. The summed E-state index contributed by atoms with van der Waals surface area (Å²) >= 11 is 1.48. The second-order valence-electron chi connectivity index (χ2n) is 8.91. The average molecular weight is 492 g/mol. The normalized spacial score (nSPS) is 16.9. The minimum atomic E-state index is -0.477. The van der Waals surface area contributed by atoms with Crippen molar-refractivity contribution in [2.45, 2.75) is 31.7 Å². The molecule has 0 saturated carbocycles. The smallest absolute Gasteiger partial charge is 0.251 e. The summed E-state index contributed by atoms with van der Waals surface area (Å²) in [4.78, 5) is 28.7. The molecule has 3 N–H and O–H groups in total. The quantitative estimate of drug-likeness (QED) is 0.522. The standard InChI is InChI=1S/C27H29N3O4S/c1-33-20-13-17-11-12-30(25(16-7-4-3-5-8-16)19(17)14-21(20)34-2)15-23(31)29-27-24(26(28)32)18-9-6-10-22(18)35-27/h3-5,7-8,13-14,25H,6,9-12,15H2,1-2H3,(H2,28,32)(H,29,31)/t25-/m0/s1. The lowest BCUT2D eigenvalue weighted by atomic mass is 9.87. The molecule has 3 aromatic rings. The Hall–Kier alpha value is -3.36. The SMILES string of the molecule is COc1cc2c(cc1OC)[C@H](c1ccccc1)N(CC(=O)Nc1sc3c(c1C(N)=O)CCC3)CC2. The van der Waals surface area contributed by atoms with E-state index < -0.39 is 5.91 Å². The number of nitrogens with one attached hydrogen (secondary N) is 1. The molecule has 0 radical (unpaired) electrons. The molecule has 35 heavy (non-hydrogen) atoms. The van der Waals surface area contributed by atoms with Gasteiger partial charge in [0.25, 0.3) is 5.91 Å². The van der Waals surface area contributed by atoms with Crippen molar-refractivity contribution in [1.29, 1.82) is 0 Å². The second-order valence-corrected chi connectivity index (χ2v) is 10.0. The molecule has 182 valence electrons. The predicted molar refractivity (Wildman–Crippen MR) is 137 cm³/mol. The van der Waals surface area contributed by atoms with Crippen molar-refractivity contribution in [3.63, 3.8) is 0 Å². The average Bonchev–Trinajstić information content (AvgIpc) is 3.44. The molecule has 2 amide bonds. The van der Waals surface area contributed by atoms with E-state index in [-0.39, 0.29) is 18.5 Å². The van der Waals surface area contributed by atoms with Gasteiger partial charge in [-0.15, -0.1) is 11.3 Å². The molecule has 1 aliphatic carbocycles. The number of hydrogen-bond acceptors (Lipinski definition) is 6. The molecule has 7 nitrogen and oxygen atoms in total. The minimum Gasteiger partial charge on any atom is -0.493 e. The van der Waals surface area contributed by atoms with Crippen LogP contribution in [0.15, 0.2) is 42.5 Å². The monoisotopic (exact) mass is 491 g/mol. The predicted octanol–water partition coefficient (Wildman–Crippen LogP) is 3.94. The molecule has 2 aromatic carbocycles. The molecule has 1 aliphatic heterocycles. The van der Waals surface area contributed by atoms with Crippen LogP contribution >= 0.6 is 11.3 Å². The van der Waals surface area contributed by atoms with Crippen molar-refractivity contribution in [3.8, 4) is 11.5 Å². The fraction of sp³-hybridized carbons (Fsp3) is 0.333. The van der Waals surface area contributed by atoms with Gasteiger partial charge in [0.15, 0.2) is 11.5 Å². The van der Waals surface area contributed by atoms with Crippen LogP contribution in [0.5, 0.6) is 11.5 Å². The van der Waals surface area contributed by atoms with E-state index in [4.69, 9.17) is 15.2 Å². The lowest BCUT2D eigenvalue weighted by molar-refractivity contribution is -0.117. The van der Waals surface area contributed by atoms with Gasteiger partial charge >= 0.3 is 0 Å². The summed E-state index contributed by atoms with van der Waals surface area (Å²) < 4.78 is 11.1. The van der Waals surface area contributed by atoms with Gasteiger partial charge in [0.2, 0.25) is 5.91 Å². The van der Waals surface area contributed by atoms with E-state index in [2.05, 4.69) is 22.3 Å². The van der Waals surface area contributed by atoms with E-state index in [1.54, 1.807) is 14.2 Å². The second kappa shape index (κ2) is 9.71. The van der Waals surface area contributed by atoms with Crippen molar-refractivity contribution >= 4 is 28.2 Å². The number of fused-ring (bicyclic) bond motifs is 2. The van der Waals surface area contributed by atoms with Crippen LogP contribution in [-0.2, 0) is 24.1 Å². The number of carbonyl (C=O) groups excluding carboxylic acids is 2. The molecule has 0 saturated heterocycles. The van der Waals surface area contributed by atoms with Crippen molar-refractivity contribution in [2.75, 3.05) is 32.6 Å². The van der Waals surface area contributed by atoms with Gasteiger partial charge < -0.3 is 20.5 Å². The van der Waals surface area contributed by atoms with Crippen molar-refractivity contribution in [2.24, 2.45) is 5.73 Å². The number of methoxy groups -OCH3 is 2. The minimum absolute atomic E-state index is 0.116. The molecular weight excluding hydrogens is 462 g/mol. The molecule has 0 fully saturated rings. The summed E-state index contributed by atoms with van der Waals surface area (Å²) in [6.45, 7) is 0.896. The van der Waals surface area contributed by atoms with Crippen LogP contribution in [0, 0.1) is 0 Å². The highest BCUT2D eigenvalue weighted by Gasteiger charge is 2.32. The highest BCUT2D eigenvalue weighted by atomic mass is 32.1. The Balaban J connectivity index is 1.45. The number of hydrogen-bond donors (Lipinski definition) is 2. The molecule has 8 heteroatoms. The van der Waals surface area contributed by atoms with Gasteiger partial charge in [-0.05, 0) is 60.1 Å². The first-order chi connectivity index (χ1) is 17.0. The maximum absolute atomic E-state index is 13.3. The molecule has 2 aliphatic rings. The van der Waals surface area contributed by atoms with Crippen LogP contribution in [0.25, 0.3) is 0 Å². The van der Waals surface area contributed by atoms with Gasteiger partial charge in [0.1, 0.15) is 5.00 Å². The zero-order valence-corrected chi connectivity index (χ0v) is 20.7. The largest absolute Gasteiger partial charge is 0.493 e. The lowest BCUT2D eigenvalue weighted by Gasteiger charge is -2.37. The highest BCUT2D eigenvalue weighted by molar-refractivity contribution is 7.17. The first-order valence-corrected chi connectivity index (χ1v) is 12.6. The van der Waals surface area contributed by atoms with Gasteiger partial charge in [-0.1, -0.05) is 30.3 Å². The van der Waals surface area contributed by atoms with Gasteiger partial charge in [-0.2, -0.15) is 0 Å². The number of thiophene rings is 1. The molecule has 1 aromatic heterocycles. The van der Waals surface area contributed by atoms with Gasteiger partial charge in [0, 0.05) is 11.4 Å². The van der Waals surface area contributed by atoms with E-state index in [0.29, 0.717) is 28.6 Å². The molecule has 2 heterocycles. The Morgan fingerprint density at radius 3 is 2.54 bits per heavy atom. The summed E-state index contributed by atoms with van der Waals surface area (Å²) in [7, 11) is 3.27. The number of aryl methyl sites for hydroxylation is 1. The number of nitrogens with two attached hydrogens (primary N) is 1. The number of anilines is 1. The third-order valence-electron chi connectivity index (χ3n) is 6.86. The van der Waals surface area contributed by atoms with E-state index >= 15 is 0 Å². The van der Waals surface area contributed by atoms with E-state index in [1.807, 2.05) is 30.3 Å². The van der Waals surface area contributed by atoms with Crippen molar-refractivity contribution < 1.29 is 19.1 Å². The molecule has 0 bridgehead atoms. The Morgan fingerprint density at radius 2 is 1.83 bits per heavy atom. The van der Waals surface area contributed by atoms with Crippen molar-refractivity contribution in [3.05, 3.63) is 75.2 Å². The number of carbonyl (C=O) groups is 2. The van der Waals surface area contributed by atoms with Gasteiger partial charge in [0.05, 0.1) is 32.4 Å². The third kappa shape index (κ3) is 4.39. The number of amides is 2. The topological polar surface area (TPSA) is 93.9 Å². The molecule has 0 unspecified atom stereocenters. The molecular formula is C27H29N3O4S. The zero-order valence-electron chi connectivity index (χ0n) is 19.9. The van der Waals surface area contributed by atoms with Gasteiger partial charge in [-0.25, -0.2) is 0 Å². The number of rotatable bonds is 7. The van der Waals surface area contributed by atoms with Crippen LogP contribution in [-0.4, -0.2) is 44.0 Å². The van der Waals surface area contributed by atoms with E-state index in [0.717, 1.165) is 47.3 Å². The first kappa shape index (κ1) is 23.4. The van der Waals surface area contributed by atoms with Crippen molar-refractivity contribution in [1.82, 2.24) is 4.90 Å². The van der Waals surface area contributed by atoms with Crippen LogP contribution in [0.4, 0.5) is 5.00 Å². The van der Waals surface area contributed by atoms with Crippen LogP contribution in [0.3, 0.4) is 0 Å². The summed E-state index contributed by atoms with van der Waals surface area (Å²) in [5, 5.41) is 3.57. The van der Waals surface area contributed by atoms with Crippen LogP contribution in [0.1, 0.15) is 50.0 Å². The number of benzene rings is 2. The maximum Gasteiger partial charge on any atom is 0.251 e. The van der Waals surface area contributed by atoms with Gasteiger partial charge in [-0.3, -0.25) is 14.5 Å². The number of nitrogens with zero attached hydrogens (tertiary/aromatic N) is 1. The van der Waals surface area contributed by atoms with E-state index in [1.165, 1.54) is 16.9 Å². The van der Waals surface area contributed by atoms with Crippen LogP contribution in [0.2, 0.25) is 0 Å². The number of ether oxygens (including phenoxy) is 2. The number of primary amides is 1. The summed E-state index contributed by atoms with van der Waals surface area (Å²) in [6.07, 6.45) is 3.58. The lowest BCUT2D eigenvalue weighted by Crippen LogP contribution is -2.41. The molecule has 1 atom stereocenters. The molecule has 5 rings (SSSR count). The maximum atomic E-state index is 13.3. The Morgan fingerprint density at radius 1 is 1.09 bits per heavy atom. The zero-order chi connectivity index (χ0) is 24.5. The summed E-state index contributed by atoms with van der Waals surface area (Å²) in [6, 6.07) is 14.1.